The van der Waals surface area contributed by atoms with Crippen LogP contribution in [0.25, 0.3) is 0 Å². The molecule has 17 heavy (non-hydrogen) atoms. The Bertz CT molecular complexity index is 318. The fourth-order valence-electron chi connectivity index (χ4n) is 2.45. The number of aryl methyl sites for hydroxylation is 2. The van der Waals surface area contributed by atoms with Gasteiger partial charge in [-0.15, -0.1) is 0 Å². The second kappa shape index (κ2) is 7.37. The number of phenols is 1. The summed E-state index contributed by atoms with van der Waals surface area (Å²) in [5.41, 5.74) is 3.89. The summed E-state index contributed by atoms with van der Waals surface area (Å²) in [4.78, 5) is 0. The molecule has 0 bridgehead atoms. The van der Waals surface area contributed by atoms with Crippen LogP contribution >= 0.6 is 0 Å². The molecule has 96 valence electrons. The molecule has 1 aromatic carbocycles. The lowest BCUT2D eigenvalue weighted by Crippen LogP contribution is -1.94. The maximum atomic E-state index is 9.49. The normalized spacial score (nSPS) is 10.8. The number of unbranched alkanes of at least 4 members (excludes halogenated alkanes) is 5. The number of rotatable bonds is 7. The lowest BCUT2D eigenvalue weighted by molar-refractivity contribution is 0.474. The minimum atomic E-state index is 0.395. The average molecular weight is 234 g/mol. The molecular formula is C16H26O. The van der Waals surface area contributed by atoms with Crippen LogP contribution < -0.4 is 0 Å². The zero-order valence-electron chi connectivity index (χ0n) is 11.6. The highest BCUT2D eigenvalue weighted by Crippen LogP contribution is 2.22. The van der Waals surface area contributed by atoms with Crippen molar-refractivity contribution in [1.82, 2.24) is 0 Å². The Labute approximate surface area is 106 Å². The smallest absolute Gasteiger partial charge is 0.116 e. The van der Waals surface area contributed by atoms with Gasteiger partial charge in [-0.05, 0) is 55.5 Å². The topological polar surface area (TPSA) is 20.2 Å². The van der Waals surface area contributed by atoms with Gasteiger partial charge in [0.1, 0.15) is 5.75 Å². The Kier molecular flexibility index (Phi) is 6.10. The van der Waals surface area contributed by atoms with E-state index in [1.165, 1.54) is 55.2 Å². The molecule has 0 radical (unpaired) electrons. The largest absolute Gasteiger partial charge is 0.508 e. The zero-order valence-corrected chi connectivity index (χ0v) is 11.6. The molecule has 1 aromatic rings. The van der Waals surface area contributed by atoms with Gasteiger partial charge in [-0.2, -0.15) is 0 Å². The van der Waals surface area contributed by atoms with Crippen molar-refractivity contribution < 1.29 is 5.11 Å². The lowest BCUT2D eigenvalue weighted by Gasteiger charge is -2.10. The molecule has 0 amide bonds. The number of hydrogen-bond donors (Lipinski definition) is 1. The Morgan fingerprint density at radius 3 is 2.00 bits per heavy atom. The van der Waals surface area contributed by atoms with Gasteiger partial charge in [0, 0.05) is 0 Å². The van der Waals surface area contributed by atoms with E-state index in [0.29, 0.717) is 5.75 Å². The van der Waals surface area contributed by atoms with Gasteiger partial charge >= 0.3 is 0 Å². The van der Waals surface area contributed by atoms with Crippen LogP contribution in [-0.4, -0.2) is 5.11 Å². The third-order valence-electron chi connectivity index (χ3n) is 3.46. The predicted octanol–water partition coefficient (Wildman–Crippen LogP) is 4.91. The van der Waals surface area contributed by atoms with Crippen molar-refractivity contribution >= 4 is 0 Å². The third-order valence-corrected chi connectivity index (χ3v) is 3.46. The summed E-state index contributed by atoms with van der Waals surface area (Å²) in [5.74, 6) is 0.395. The SMILES string of the molecule is CCCCCCCCc1c(C)cc(O)cc1C. The van der Waals surface area contributed by atoms with Crippen LogP contribution in [0.5, 0.6) is 5.75 Å². The average Bonchev–Trinajstić information content (AvgIpc) is 2.26. The molecule has 1 nitrogen and oxygen atoms in total. The van der Waals surface area contributed by atoms with Gasteiger partial charge in [0.15, 0.2) is 0 Å². The Morgan fingerprint density at radius 2 is 1.41 bits per heavy atom. The number of phenolic OH excluding ortho intramolecular Hbond substituents is 1. The van der Waals surface area contributed by atoms with Crippen molar-refractivity contribution in [3.05, 3.63) is 28.8 Å². The maximum Gasteiger partial charge on any atom is 0.116 e. The van der Waals surface area contributed by atoms with E-state index in [1.807, 2.05) is 12.1 Å². The van der Waals surface area contributed by atoms with Crippen LogP contribution in [0.1, 0.15) is 62.1 Å². The van der Waals surface area contributed by atoms with Crippen LogP contribution in [0.15, 0.2) is 12.1 Å². The molecule has 0 aliphatic carbocycles. The predicted molar refractivity (Wildman–Crippen MR) is 74.7 cm³/mol. The summed E-state index contributed by atoms with van der Waals surface area (Å²) in [6.07, 6.45) is 9.20. The molecule has 0 heterocycles. The molecule has 0 spiro atoms. The van der Waals surface area contributed by atoms with Crippen LogP contribution in [0, 0.1) is 13.8 Å². The molecule has 1 rings (SSSR count). The quantitative estimate of drug-likeness (QED) is 0.664. The summed E-state index contributed by atoms with van der Waals surface area (Å²) >= 11 is 0. The molecule has 0 fully saturated rings. The van der Waals surface area contributed by atoms with E-state index < -0.39 is 0 Å². The summed E-state index contributed by atoms with van der Waals surface area (Å²) in [6.45, 7) is 6.45. The van der Waals surface area contributed by atoms with E-state index in [4.69, 9.17) is 0 Å². The Balaban J connectivity index is 2.36. The van der Waals surface area contributed by atoms with Gasteiger partial charge < -0.3 is 5.11 Å². The molecular weight excluding hydrogens is 208 g/mol. The van der Waals surface area contributed by atoms with Crippen molar-refractivity contribution in [3.8, 4) is 5.75 Å². The minimum Gasteiger partial charge on any atom is -0.508 e. The van der Waals surface area contributed by atoms with Crippen molar-refractivity contribution in [2.45, 2.75) is 65.7 Å². The van der Waals surface area contributed by atoms with Crippen LogP contribution in [-0.2, 0) is 6.42 Å². The number of aromatic hydroxyl groups is 1. The van der Waals surface area contributed by atoms with E-state index in [9.17, 15) is 5.11 Å². The molecule has 1 heteroatoms. The monoisotopic (exact) mass is 234 g/mol. The molecule has 0 unspecified atom stereocenters. The van der Waals surface area contributed by atoms with E-state index in [-0.39, 0.29) is 0 Å². The summed E-state index contributed by atoms with van der Waals surface area (Å²) in [7, 11) is 0. The first-order valence-corrected chi connectivity index (χ1v) is 6.94. The zero-order chi connectivity index (χ0) is 12.7. The fraction of sp³-hybridized carbons (Fsp3) is 0.625. The van der Waals surface area contributed by atoms with Gasteiger partial charge in [0.25, 0.3) is 0 Å². The van der Waals surface area contributed by atoms with E-state index in [1.54, 1.807) is 0 Å². The molecule has 0 aliphatic heterocycles. The second-order valence-electron chi connectivity index (χ2n) is 5.08. The Morgan fingerprint density at radius 1 is 0.882 bits per heavy atom. The van der Waals surface area contributed by atoms with E-state index in [2.05, 4.69) is 20.8 Å². The molecule has 0 saturated heterocycles. The van der Waals surface area contributed by atoms with Crippen LogP contribution in [0.4, 0.5) is 0 Å². The van der Waals surface area contributed by atoms with Gasteiger partial charge in [0.05, 0.1) is 0 Å². The van der Waals surface area contributed by atoms with Crippen molar-refractivity contribution in [1.29, 1.82) is 0 Å². The molecule has 0 aliphatic rings. The molecule has 1 N–H and O–H groups in total. The van der Waals surface area contributed by atoms with Gasteiger partial charge in [0.2, 0.25) is 0 Å². The first-order valence-electron chi connectivity index (χ1n) is 6.94. The summed E-state index contributed by atoms with van der Waals surface area (Å²) in [6, 6.07) is 3.75. The Hall–Kier alpha value is -0.980. The van der Waals surface area contributed by atoms with Gasteiger partial charge in [-0.1, -0.05) is 39.0 Å². The van der Waals surface area contributed by atoms with E-state index >= 15 is 0 Å². The van der Waals surface area contributed by atoms with Crippen LogP contribution in [0.3, 0.4) is 0 Å². The molecule has 0 aromatic heterocycles. The fourth-order valence-corrected chi connectivity index (χ4v) is 2.45. The number of benzene rings is 1. The lowest BCUT2D eigenvalue weighted by atomic mass is 9.96. The van der Waals surface area contributed by atoms with Crippen molar-refractivity contribution in [3.63, 3.8) is 0 Å². The highest BCUT2D eigenvalue weighted by atomic mass is 16.3. The first kappa shape index (κ1) is 14.1. The van der Waals surface area contributed by atoms with Crippen LogP contribution in [0.2, 0.25) is 0 Å². The summed E-state index contributed by atoms with van der Waals surface area (Å²) in [5, 5.41) is 9.49. The van der Waals surface area contributed by atoms with Gasteiger partial charge in [-0.3, -0.25) is 0 Å². The molecule has 0 atom stereocenters. The highest BCUT2D eigenvalue weighted by Gasteiger charge is 2.04. The minimum absolute atomic E-state index is 0.395. The van der Waals surface area contributed by atoms with E-state index in [0.717, 1.165) is 6.42 Å². The second-order valence-corrected chi connectivity index (χ2v) is 5.08. The van der Waals surface area contributed by atoms with Crippen molar-refractivity contribution in [2.75, 3.05) is 0 Å². The standard InChI is InChI=1S/C16H26O/c1-4-5-6-7-8-9-10-16-13(2)11-15(17)12-14(16)3/h11-12,17H,4-10H2,1-3H3. The number of hydrogen-bond acceptors (Lipinski definition) is 1. The molecule has 0 saturated carbocycles. The van der Waals surface area contributed by atoms with Crippen molar-refractivity contribution in [2.24, 2.45) is 0 Å². The summed E-state index contributed by atoms with van der Waals surface area (Å²) < 4.78 is 0. The maximum absolute atomic E-state index is 9.49. The van der Waals surface area contributed by atoms with Gasteiger partial charge in [-0.25, -0.2) is 0 Å². The third kappa shape index (κ3) is 4.80. The first-order chi connectivity index (χ1) is 8.15. The highest BCUT2D eigenvalue weighted by molar-refractivity contribution is 5.40.